The Labute approximate surface area is 166 Å². The lowest BCUT2D eigenvalue weighted by Crippen LogP contribution is -2.34. The molecule has 1 N–H and O–H groups in total. The van der Waals surface area contributed by atoms with Gasteiger partial charge in [0.25, 0.3) is 5.91 Å². The molecule has 150 valence electrons. The van der Waals surface area contributed by atoms with E-state index in [1.54, 1.807) is 37.4 Å². The van der Waals surface area contributed by atoms with Crippen molar-refractivity contribution in [2.75, 3.05) is 32.1 Å². The normalized spacial score (nSPS) is 10.3. The topological polar surface area (TPSA) is 67.9 Å². The van der Waals surface area contributed by atoms with Gasteiger partial charge in [-0.1, -0.05) is 19.1 Å². The quantitative estimate of drug-likeness (QED) is 0.715. The molecule has 0 atom stereocenters. The molecule has 6 nitrogen and oxygen atoms in total. The van der Waals surface area contributed by atoms with Gasteiger partial charge in [-0.2, -0.15) is 0 Å². The molecule has 0 heterocycles. The zero-order valence-corrected chi connectivity index (χ0v) is 17.0. The molecule has 28 heavy (non-hydrogen) atoms. The van der Waals surface area contributed by atoms with Crippen LogP contribution in [0.15, 0.2) is 42.5 Å². The fourth-order valence-electron chi connectivity index (χ4n) is 2.72. The zero-order valence-electron chi connectivity index (χ0n) is 17.0. The number of nitrogens with one attached hydrogen (secondary N) is 1. The van der Waals surface area contributed by atoms with E-state index >= 15 is 0 Å². The van der Waals surface area contributed by atoms with E-state index in [1.165, 1.54) is 4.90 Å². The van der Waals surface area contributed by atoms with Gasteiger partial charge in [-0.05, 0) is 50.1 Å². The third kappa shape index (κ3) is 5.74. The Bertz CT molecular complexity index is 803. The highest BCUT2D eigenvalue weighted by Crippen LogP contribution is 2.30. The maximum absolute atomic E-state index is 12.5. The van der Waals surface area contributed by atoms with E-state index in [0.717, 1.165) is 12.0 Å². The van der Waals surface area contributed by atoms with Crippen molar-refractivity contribution >= 4 is 17.5 Å². The van der Waals surface area contributed by atoms with Gasteiger partial charge in [0.05, 0.1) is 19.8 Å². The van der Waals surface area contributed by atoms with Crippen LogP contribution in [0.3, 0.4) is 0 Å². The molecule has 0 radical (unpaired) electrons. The number of benzene rings is 2. The molecule has 0 fully saturated rings. The number of nitrogens with zero attached hydrogens (tertiary/aromatic N) is 1. The van der Waals surface area contributed by atoms with E-state index in [2.05, 4.69) is 12.2 Å². The molecule has 2 amide bonds. The van der Waals surface area contributed by atoms with Crippen molar-refractivity contribution in [2.45, 2.75) is 27.2 Å². The fraction of sp³-hybridized carbons (Fsp3) is 0.364. The summed E-state index contributed by atoms with van der Waals surface area (Å²) in [7, 11) is 1.61. The Hall–Kier alpha value is -3.02. The van der Waals surface area contributed by atoms with Crippen LogP contribution >= 0.6 is 0 Å². The smallest absolute Gasteiger partial charge is 0.254 e. The highest BCUT2D eigenvalue weighted by Gasteiger charge is 2.16. The minimum absolute atomic E-state index is 0.0501. The van der Waals surface area contributed by atoms with Gasteiger partial charge < -0.3 is 19.7 Å². The van der Waals surface area contributed by atoms with Gasteiger partial charge in [-0.3, -0.25) is 9.59 Å². The summed E-state index contributed by atoms with van der Waals surface area (Å²) in [5.41, 5.74) is 2.31. The number of anilines is 1. The molecule has 2 rings (SSSR count). The van der Waals surface area contributed by atoms with E-state index in [1.807, 2.05) is 26.0 Å². The SMILES string of the molecule is CCOc1ccc(NC(=O)CN(C)C(=O)c2ccc(CC)cc2)cc1OCC. The summed E-state index contributed by atoms with van der Waals surface area (Å²) in [6.07, 6.45) is 0.915. The van der Waals surface area contributed by atoms with E-state index in [-0.39, 0.29) is 18.4 Å². The number of aryl methyl sites for hydroxylation is 1. The summed E-state index contributed by atoms with van der Waals surface area (Å²) >= 11 is 0. The molecule has 2 aromatic rings. The fourth-order valence-corrected chi connectivity index (χ4v) is 2.72. The predicted molar refractivity (Wildman–Crippen MR) is 110 cm³/mol. The maximum atomic E-state index is 12.5. The van der Waals surface area contributed by atoms with E-state index in [0.29, 0.717) is 36.0 Å². The number of hydrogen-bond donors (Lipinski definition) is 1. The van der Waals surface area contributed by atoms with E-state index in [9.17, 15) is 9.59 Å². The molecule has 0 aliphatic rings. The Morgan fingerprint density at radius 1 is 0.929 bits per heavy atom. The maximum Gasteiger partial charge on any atom is 0.254 e. The average molecular weight is 384 g/mol. The first-order chi connectivity index (χ1) is 13.5. The average Bonchev–Trinajstić information content (AvgIpc) is 2.69. The molecule has 0 spiro atoms. The van der Waals surface area contributed by atoms with E-state index < -0.39 is 0 Å². The third-order valence-electron chi connectivity index (χ3n) is 4.16. The van der Waals surface area contributed by atoms with Crippen LogP contribution in [-0.2, 0) is 11.2 Å². The molecule has 0 aliphatic heterocycles. The number of amides is 2. The highest BCUT2D eigenvalue weighted by atomic mass is 16.5. The summed E-state index contributed by atoms with van der Waals surface area (Å²) in [4.78, 5) is 26.3. The molecule has 0 aliphatic carbocycles. The lowest BCUT2D eigenvalue weighted by molar-refractivity contribution is -0.116. The van der Waals surface area contributed by atoms with Crippen molar-refractivity contribution in [2.24, 2.45) is 0 Å². The number of likely N-dealkylation sites (N-methyl/N-ethyl adjacent to an activating group) is 1. The van der Waals surface area contributed by atoms with Crippen molar-refractivity contribution in [3.05, 3.63) is 53.6 Å². The molecular weight excluding hydrogens is 356 g/mol. The largest absolute Gasteiger partial charge is 0.490 e. The molecule has 0 saturated carbocycles. The Morgan fingerprint density at radius 2 is 1.57 bits per heavy atom. The van der Waals surface area contributed by atoms with Gasteiger partial charge in [0.15, 0.2) is 11.5 Å². The minimum Gasteiger partial charge on any atom is -0.490 e. The summed E-state index contributed by atoms with van der Waals surface area (Å²) in [5, 5.41) is 2.80. The Morgan fingerprint density at radius 3 is 2.18 bits per heavy atom. The molecule has 0 aromatic heterocycles. The van der Waals surface area contributed by atoms with Crippen molar-refractivity contribution < 1.29 is 19.1 Å². The van der Waals surface area contributed by atoms with Crippen LogP contribution in [-0.4, -0.2) is 43.5 Å². The Kier molecular flexibility index (Phi) is 7.87. The van der Waals surface area contributed by atoms with Crippen molar-refractivity contribution in [3.8, 4) is 11.5 Å². The zero-order chi connectivity index (χ0) is 20.5. The van der Waals surface area contributed by atoms with Gasteiger partial charge in [-0.25, -0.2) is 0 Å². The number of ether oxygens (including phenoxy) is 2. The van der Waals surface area contributed by atoms with Crippen molar-refractivity contribution in [3.63, 3.8) is 0 Å². The second kappa shape index (κ2) is 10.3. The monoisotopic (exact) mass is 384 g/mol. The standard InChI is InChI=1S/C22H28N2O4/c1-5-16-8-10-17(11-9-16)22(26)24(4)15-21(25)23-18-12-13-19(27-6-2)20(14-18)28-7-3/h8-14H,5-7,15H2,1-4H3,(H,23,25). The van der Waals surface area contributed by atoms with Crippen molar-refractivity contribution in [1.29, 1.82) is 0 Å². The van der Waals surface area contributed by atoms with Crippen LogP contribution in [0.5, 0.6) is 11.5 Å². The van der Waals surface area contributed by atoms with Crippen LogP contribution in [0.1, 0.15) is 36.7 Å². The highest BCUT2D eigenvalue weighted by molar-refractivity contribution is 5.99. The molecule has 0 saturated heterocycles. The predicted octanol–water partition coefficient (Wildman–Crippen LogP) is 3.76. The van der Waals surface area contributed by atoms with Gasteiger partial charge in [0, 0.05) is 24.4 Å². The first-order valence-electron chi connectivity index (χ1n) is 9.52. The first-order valence-corrected chi connectivity index (χ1v) is 9.52. The second-order valence-corrected chi connectivity index (χ2v) is 6.29. The summed E-state index contributed by atoms with van der Waals surface area (Å²) in [6, 6.07) is 12.7. The van der Waals surface area contributed by atoms with Gasteiger partial charge >= 0.3 is 0 Å². The third-order valence-corrected chi connectivity index (χ3v) is 4.16. The summed E-state index contributed by atoms with van der Waals surface area (Å²) in [5.74, 6) is 0.722. The molecule has 0 unspecified atom stereocenters. The number of carbonyl (C=O) groups is 2. The number of carbonyl (C=O) groups excluding carboxylic acids is 2. The van der Waals surface area contributed by atoms with Gasteiger partial charge in [0.2, 0.25) is 5.91 Å². The lowest BCUT2D eigenvalue weighted by Gasteiger charge is -2.18. The number of rotatable bonds is 9. The molecule has 0 bridgehead atoms. The van der Waals surface area contributed by atoms with Crippen LogP contribution in [0, 0.1) is 0 Å². The second-order valence-electron chi connectivity index (χ2n) is 6.29. The van der Waals surface area contributed by atoms with Gasteiger partial charge in [0.1, 0.15) is 0 Å². The minimum atomic E-state index is -0.285. The molecular formula is C22H28N2O4. The number of hydrogen-bond acceptors (Lipinski definition) is 4. The molecule has 6 heteroatoms. The first kappa shape index (κ1) is 21.3. The Balaban J connectivity index is 2.00. The van der Waals surface area contributed by atoms with Crippen LogP contribution < -0.4 is 14.8 Å². The lowest BCUT2D eigenvalue weighted by atomic mass is 10.1. The van der Waals surface area contributed by atoms with Crippen LogP contribution in [0.2, 0.25) is 0 Å². The summed E-state index contributed by atoms with van der Waals surface area (Å²) in [6.45, 7) is 6.81. The summed E-state index contributed by atoms with van der Waals surface area (Å²) < 4.78 is 11.1. The molecule has 2 aromatic carbocycles. The van der Waals surface area contributed by atoms with E-state index in [4.69, 9.17) is 9.47 Å². The van der Waals surface area contributed by atoms with Crippen LogP contribution in [0.25, 0.3) is 0 Å². The van der Waals surface area contributed by atoms with Crippen molar-refractivity contribution in [1.82, 2.24) is 4.90 Å². The van der Waals surface area contributed by atoms with Crippen LogP contribution in [0.4, 0.5) is 5.69 Å². The van der Waals surface area contributed by atoms with Gasteiger partial charge in [-0.15, -0.1) is 0 Å².